The maximum absolute atomic E-state index is 11.8. The van der Waals surface area contributed by atoms with Gasteiger partial charge in [-0.25, -0.2) is 0 Å². The molecule has 0 aromatic heterocycles. The normalized spacial score (nSPS) is 19.9. The molecule has 1 aliphatic heterocycles. The quantitative estimate of drug-likeness (QED) is 0.734. The Morgan fingerprint density at radius 2 is 2.13 bits per heavy atom. The van der Waals surface area contributed by atoms with Gasteiger partial charge in [-0.1, -0.05) is 11.6 Å². The van der Waals surface area contributed by atoms with Crippen LogP contribution in [0.2, 0.25) is 5.02 Å². The topological polar surface area (TPSA) is 32.3 Å². The summed E-state index contributed by atoms with van der Waals surface area (Å²) >= 11 is 6.03. The number of hydrogen-bond donors (Lipinski definition) is 1. The zero-order valence-electron chi connectivity index (χ0n) is 8.97. The molecule has 1 amide bonds. The van der Waals surface area contributed by atoms with Gasteiger partial charge in [0.05, 0.1) is 11.4 Å². The first kappa shape index (κ1) is 10.3. The minimum absolute atomic E-state index is 0.0628. The van der Waals surface area contributed by atoms with Crippen LogP contribution in [0.25, 0.3) is 0 Å². The molecule has 0 aliphatic carbocycles. The van der Waals surface area contributed by atoms with Gasteiger partial charge in [-0.2, -0.15) is 0 Å². The van der Waals surface area contributed by atoms with Gasteiger partial charge in [0.25, 0.3) is 0 Å². The molecular formula is C11H13ClN2O. The number of nitrogens with one attached hydrogen (secondary N) is 1. The van der Waals surface area contributed by atoms with Crippen LogP contribution < -0.4 is 10.2 Å². The van der Waals surface area contributed by atoms with E-state index in [9.17, 15) is 4.79 Å². The van der Waals surface area contributed by atoms with E-state index in [0.29, 0.717) is 5.02 Å². The number of hydrogen-bond acceptors (Lipinski definition) is 2. The molecule has 0 spiro atoms. The van der Waals surface area contributed by atoms with Gasteiger partial charge >= 0.3 is 0 Å². The van der Waals surface area contributed by atoms with E-state index in [1.54, 1.807) is 11.9 Å². The second-order valence-electron chi connectivity index (χ2n) is 3.83. The van der Waals surface area contributed by atoms with Crippen molar-refractivity contribution in [2.75, 3.05) is 17.3 Å². The first-order valence-corrected chi connectivity index (χ1v) is 5.23. The van der Waals surface area contributed by atoms with E-state index in [2.05, 4.69) is 5.32 Å². The molecule has 2 rings (SSSR count). The highest BCUT2D eigenvalue weighted by Gasteiger charge is 2.28. The van der Waals surface area contributed by atoms with Crippen LogP contribution in [0.4, 0.5) is 11.4 Å². The maximum atomic E-state index is 11.8. The number of carbonyl (C=O) groups excluding carboxylic acids is 1. The monoisotopic (exact) mass is 224 g/mol. The van der Waals surface area contributed by atoms with Crippen molar-refractivity contribution >= 4 is 28.9 Å². The van der Waals surface area contributed by atoms with Crippen molar-refractivity contribution in [3.63, 3.8) is 0 Å². The lowest BCUT2D eigenvalue weighted by Gasteiger charge is -2.32. The molecule has 0 saturated carbocycles. The molecule has 1 aromatic rings. The van der Waals surface area contributed by atoms with Crippen molar-refractivity contribution in [1.82, 2.24) is 0 Å². The van der Waals surface area contributed by atoms with E-state index < -0.39 is 0 Å². The highest BCUT2D eigenvalue weighted by atomic mass is 35.5. The molecule has 4 heteroatoms. The Kier molecular flexibility index (Phi) is 2.35. The minimum Gasteiger partial charge on any atom is -0.372 e. The molecule has 1 heterocycles. The number of benzene rings is 1. The van der Waals surface area contributed by atoms with E-state index in [0.717, 1.165) is 16.9 Å². The van der Waals surface area contributed by atoms with Gasteiger partial charge in [-0.3, -0.25) is 4.79 Å². The summed E-state index contributed by atoms with van der Waals surface area (Å²) in [6.07, 6.45) is 0. The number of anilines is 2. The Hall–Kier alpha value is -1.22. The molecule has 1 aromatic carbocycles. The van der Waals surface area contributed by atoms with Gasteiger partial charge in [0.15, 0.2) is 0 Å². The summed E-state index contributed by atoms with van der Waals surface area (Å²) in [7, 11) is 1.78. The van der Waals surface area contributed by atoms with E-state index in [1.165, 1.54) is 0 Å². The number of halogens is 1. The Balaban J connectivity index is 2.61. The van der Waals surface area contributed by atoms with Crippen molar-refractivity contribution in [3.8, 4) is 0 Å². The second-order valence-corrected chi connectivity index (χ2v) is 4.24. The molecule has 1 atom stereocenters. The molecule has 0 saturated heterocycles. The number of fused-ring (bicyclic) bond motifs is 1. The summed E-state index contributed by atoms with van der Waals surface area (Å²) in [6.45, 7) is 3.77. The summed E-state index contributed by atoms with van der Waals surface area (Å²) in [5.41, 5.74) is 2.78. The summed E-state index contributed by atoms with van der Waals surface area (Å²) in [4.78, 5) is 13.4. The summed E-state index contributed by atoms with van der Waals surface area (Å²) < 4.78 is 0. The van der Waals surface area contributed by atoms with Gasteiger partial charge in [-0.05, 0) is 31.5 Å². The van der Waals surface area contributed by atoms with Crippen molar-refractivity contribution in [2.45, 2.75) is 19.9 Å². The fourth-order valence-corrected chi connectivity index (χ4v) is 2.07. The first-order valence-electron chi connectivity index (χ1n) is 4.85. The molecule has 0 radical (unpaired) electrons. The van der Waals surface area contributed by atoms with Crippen LogP contribution in [0.15, 0.2) is 12.1 Å². The molecule has 0 bridgehead atoms. The molecule has 1 aliphatic rings. The second kappa shape index (κ2) is 3.42. The van der Waals surface area contributed by atoms with Crippen LogP contribution in [0.3, 0.4) is 0 Å². The smallest absolute Gasteiger partial charge is 0.248 e. The molecule has 1 N–H and O–H groups in total. The molecule has 3 nitrogen and oxygen atoms in total. The van der Waals surface area contributed by atoms with Crippen LogP contribution in [0, 0.1) is 6.92 Å². The van der Waals surface area contributed by atoms with Crippen molar-refractivity contribution in [1.29, 1.82) is 0 Å². The molecular weight excluding hydrogens is 212 g/mol. The third-order valence-corrected chi connectivity index (χ3v) is 3.18. The standard InChI is InChI=1S/C11H13ClN2O/c1-6-8(12)4-5-9-10(6)14(3)11(15)7(2)13-9/h4-5,7,13H,1-3H3. The zero-order chi connectivity index (χ0) is 11.2. The predicted molar refractivity (Wildman–Crippen MR) is 62.7 cm³/mol. The lowest BCUT2D eigenvalue weighted by atomic mass is 10.1. The maximum Gasteiger partial charge on any atom is 0.248 e. The van der Waals surface area contributed by atoms with Crippen molar-refractivity contribution < 1.29 is 4.79 Å². The highest BCUT2D eigenvalue weighted by molar-refractivity contribution is 6.32. The van der Waals surface area contributed by atoms with Crippen molar-refractivity contribution in [2.24, 2.45) is 0 Å². The van der Waals surface area contributed by atoms with Crippen LogP contribution in [0.1, 0.15) is 12.5 Å². The summed E-state index contributed by atoms with van der Waals surface area (Å²) in [5, 5.41) is 3.84. The average Bonchev–Trinajstić information content (AvgIpc) is 2.20. The Morgan fingerprint density at radius 3 is 2.80 bits per heavy atom. The van der Waals surface area contributed by atoms with Gasteiger partial charge in [0.1, 0.15) is 6.04 Å². The van der Waals surface area contributed by atoms with Gasteiger partial charge < -0.3 is 10.2 Å². The SMILES string of the molecule is Cc1c(Cl)ccc2c1N(C)C(=O)C(C)N2. The summed E-state index contributed by atoms with van der Waals surface area (Å²) in [5.74, 6) is 0.0628. The lowest BCUT2D eigenvalue weighted by Crippen LogP contribution is -2.43. The van der Waals surface area contributed by atoms with E-state index >= 15 is 0 Å². The van der Waals surface area contributed by atoms with Crippen LogP contribution >= 0.6 is 11.6 Å². The molecule has 1 unspecified atom stereocenters. The van der Waals surface area contributed by atoms with Gasteiger partial charge in [-0.15, -0.1) is 0 Å². The first-order chi connectivity index (χ1) is 7.02. The molecule has 0 fully saturated rings. The van der Waals surface area contributed by atoms with E-state index in [-0.39, 0.29) is 11.9 Å². The molecule has 80 valence electrons. The highest BCUT2D eigenvalue weighted by Crippen LogP contribution is 2.37. The number of rotatable bonds is 0. The predicted octanol–water partition coefficient (Wildman–Crippen LogP) is 2.43. The fraction of sp³-hybridized carbons (Fsp3) is 0.364. The zero-order valence-corrected chi connectivity index (χ0v) is 9.72. The average molecular weight is 225 g/mol. The minimum atomic E-state index is -0.178. The van der Waals surface area contributed by atoms with E-state index in [1.807, 2.05) is 26.0 Å². The van der Waals surface area contributed by atoms with Gasteiger partial charge in [0.2, 0.25) is 5.91 Å². The summed E-state index contributed by atoms with van der Waals surface area (Å²) in [6, 6.07) is 3.58. The third kappa shape index (κ3) is 1.47. The third-order valence-electron chi connectivity index (χ3n) is 2.77. The Bertz CT molecular complexity index is 431. The fourth-order valence-electron chi connectivity index (χ4n) is 1.92. The number of carbonyl (C=O) groups is 1. The number of likely N-dealkylation sites (N-methyl/N-ethyl adjacent to an activating group) is 1. The van der Waals surface area contributed by atoms with Crippen LogP contribution in [-0.4, -0.2) is 19.0 Å². The van der Waals surface area contributed by atoms with Crippen molar-refractivity contribution in [3.05, 3.63) is 22.7 Å². The molecule has 15 heavy (non-hydrogen) atoms. The van der Waals surface area contributed by atoms with Gasteiger partial charge in [0, 0.05) is 12.1 Å². The number of amides is 1. The van der Waals surface area contributed by atoms with Crippen LogP contribution in [0.5, 0.6) is 0 Å². The lowest BCUT2D eigenvalue weighted by molar-refractivity contribution is -0.118. The van der Waals surface area contributed by atoms with Crippen LogP contribution in [-0.2, 0) is 4.79 Å². The Labute approximate surface area is 94.0 Å². The Morgan fingerprint density at radius 1 is 1.47 bits per heavy atom. The number of nitrogens with zero attached hydrogens (tertiary/aromatic N) is 1. The largest absolute Gasteiger partial charge is 0.372 e. The van der Waals surface area contributed by atoms with E-state index in [4.69, 9.17) is 11.6 Å².